The Balaban J connectivity index is 2.10. The van der Waals surface area contributed by atoms with Gasteiger partial charge in [-0.25, -0.2) is 4.39 Å². The van der Waals surface area contributed by atoms with Crippen LogP contribution in [0.4, 0.5) is 4.39 Å². The Morgan fingerprint density at radius 1 is 1.37 bits per heavy atom. The highest BCUT2D eigenvalue weighted by atomic mass is 35.5. The highest BCUT2D eigenvalue weighted by Crippen LogP contribution is 2.21. The van der Waals surface area contributed by atoms with Gasteiger partial charge in [0.2, 0.25) is 0 Å². The van der Waals surface area contributed by atoms with E-state index in [4.69, 9.17) is 17.3 Å². The zero-order valence-electron chi connectivity index (χ0n) is 11.0. The molecule has 0 aliphatic rings. The number of aromatic nitrogens is 2. The van der Waals surface area contributed by atoms with Crippen LogP contribution in [0.1, 0.15) is 16.8 Å². The van der Waals surface area contributed by atoms with Gasteiger partial charge in [-0.3, -0.25) is 4.68 Å². The molecule has 5 heteroatoms. The highest BCUT2D eigenvalue weighted by molar-refractivity contribution is 6.30. The summed E-state index contributed by atoms with van der Waals surface area (Å²) in [6.45, 7) is 1.90. The quantitative estimate of drug-likeness (QED) is 0.936. The van der Waals surface area contributed by atoms with Crippen molar-refractivity contribution in [2.45, 2.75) is 25.8 Å². The van der Waals surface area contributed by atoms with Crippen LogP contribution in [-0.4, -0.2) is 15.8 Å². The number of hydrogen-bond donors (Lipinski definition) is 1. The molecule has 0 fully saturated rings. The first kappa shape index (κ1) is 14.0. The van der Waals surface area contributed by atoms with Crippen molar-refractivity contribution in [3.63, 3.8) is 0 Å². The number of rotatable bonds is 4. The molecule has 102 valence electrons. The number of benzene rings is 1. The van der Waals surface area contributed by atoms with Crippen LogP contribution in [0, 0.1) is 12.7 Å². The smallest absolute Gasteiger partial charge is 0.130 e. The minimum atomic E-state index is -0.216. The maximum Gasteiger partial charge on any atom is 0.130 e. The lowest BCUT2D eigenvalue weighted by molar-refractivity contribution is 0.583. The average Bonchev–Trinajstić information content (AvgIpc) is 2.59. The minimum Gasteiger partial charge on any atom is -0.327 e. The molecule has 1 aromatic heterocycles. The Kier molecular flexibility index (Phi) is 4.22. The largest absolute Gasteiger partial charge is 0.327 e. The molecular formula is C14H17ClFN3. The maximum absolute atomic E-state index is 13.6. The van der Waals surface area contributed by atoms with E-state index in [1.807, 2.05) is 13.0 Å². The van der Waals surface area contributed by atoms with Crippen LogP contribution >= 0.6 is 11.6 Å². The van der Waals surface area contributed by atoms with Gasteiger partial charge >= 0.3 is 0 Å². The van der Waals surface area contributed by atoms with E-state index in [2.05, 4.69) is 5.10 Å². The van der Waals surface area contributed by atoms with Crippen molar-refractivity contribution in [1.29, 1.82) is 0 Å². The molecule has 0 saturated heterocycles. The van der Waals surface area contributed by atoms with E-state index in [-0.39, 0.29) is 11.9 Å². The normalized spacial score (nSPS) is 12.7. The van der Waals surface area contributed by atoms with Crippen molar-refractivity contribution >= 4 is 11.6 Å². The van der Waals surface area contributed by atoms with E-state index < -0.39 is 0 Å². The number of nitrogens with two attached hydrogens (primary N) is 1. The van der Waals surface area contributed by atoms with Gasteiger partial charge in [-0.2, -0.15) is 5.10 Å². The third kappa shape index (κ3) is 3.14. The van der Waals surface area contributed by atoms with Gasteiger partial charge < -0.3 is 5.73 Å². The molecule has 0 amide bonds. The number of nitrogens with zero attached hydrogens (tertiary/aromatic N) is 2. The molecule has 2 aromatic rings. The molecule has 19 heavy (non-hydrogen) atoms. The van der Waals surface area contributed by atoms with Crippen LogP contribution in [0.25, 0.3) is 0 Å². The first-order chi connectivity index (χ1) is 8.99. The van der Waals surface area contributed by atoms with Gasteiger partial charge in [-0.1, -0.05) is 29.8 Å². The molecule has 0 aliphatic heterocycles. The second-order valence-electron chi connectivity index (χ2n) is 4.74. The molecule has 1 heterocycles. The standard InChI is InChI=1S/C14H17ClFN3/c1-9-12(14(15)19(2)18-9)8-11(17)7-10-5-3-4-6-13(10)16/h3-6,11H,7-8,17H2,1-2H3. The van der Waals surface area contributed by atoms with E-state index in [9.17, 15) is 4.39 Å². The summed E-state index contributed by atoms with van der Waals surface area (Å²) >= 11 is 6.16. The summed E-state index contributed by atoms with van der Waals surface area (Å²) in [6.07, 6.45) is 1.07. The lowest BCUT2D eigenvalue weighted by Crippen LogP contribution is -2.26. The average molecular weight is 282 g/mol. The van der Waals surface area contributed by atoms with Crippen LogP contribution in [0.5, 0.6) is 0 Å². The molecule has 1 unspecified atom stereocenters. The third-order valence-electron chi connectivity index (χ3n) is 3.18. The second kappa shape index (κ2) is 5.72. The summed E-state index contributed by atoms with van der Waals surface area (Å²) in [5, 5.41) is 4.84. The molecule has 0 bridgehead atoms. The fourth-order valence-corrected chi connectivity index (χ4v) is 2.44. The first-order valence-corrected chi connectivity index (χ1v) is 6.53. The van der Waals surface area contributed by atoms with Gasteiger partial charge in [-0.15, -0.1) is 0 Å². The monoisotopic (exact) mass is 281 g/mol. The van der Waals surface area contributed by atoms with Gasteiger partial charge in [0, 0.05) is 18.7 Å². The molecule has 0 radical (unpaired) electrons. The van der Waals surface area contributed by atoms with Crippen LogP contribution in [0.3, 0.4) is 0 Å². The lowest BCUT2D eigenvalue weighted by Gasteiger charge is -2.12. The minimum absolute atomic E-state index is 0.183. The van der Waals surface area contributed by atoms with Crippen molar-refractivity contribution in [3.05, 3.63) is 52.1 Å². The SMILES string of the molecule is Cc1nn(C)c(Cl)c1CC(N)Cc1ccccc1F. The van der Waals surface area contributed by atoms with E-state index in [1.165, 1.54) is 6.07 Å². The molecule has 0 spiro atoms. The van der Waals surface area contributed by atoms with Gasteiger partial charge in [0.1, 0.15) is 11.0 Å². The van der Waals surface area contributed by atoms with E-state index in [0.717, 1.165) is 11.3 Å². The predicted octanol–water partition coefficient (Wildman–Crippen LogP) is 2.63. The highest BCUT2D eigenvalue weighted by Gasteiger charge is 2.16. The predicted molar refractivity (Wildman–Crippen MR) is 74.7 cm³/mol. The topological polar surface area (TPSA) is 43.8 Å². The van der Waals surface area contributed by atoms with Crippen LogP contribution in [-0.2, 0) is 19.9 Å². The summed E-state index contributed by atoms with van der Waals surface area (Å²) in [5.41, 5.74) is 8.53. The van der Waals surface area contributed by atoms with E-state index >= 15 is 0 Å². The zero-order valence-corrected chi connectivity index (χ0v) is 11.8. The summed E-state index contributed by atoms with van der Waals surface area (Å²) < 4.78 is 15.2. The Morgan fingerprint density at radius 2 is 2.05 bits per heavy atom. The van der Waals surface area contributed by atoms with Crippen LogP contribution in [0.2, 0.25) is 5.15 Å². The first-order valence-electron chi connectivity index (χ1n) is 6.16. The van der Waals surface area contributed by atoms with Crippen LogP contribution in [0.15, 0.2) is 24.3 Å². The van der Waals surface area contributed by atoms with E-state index in [0.29, 0.717) is 23.6 Å². The molecule has 2 rings (SSSR count). The summed E-state index contributed by atoms with van der Waals surface area (Å²) in [6, 6.07) is 6.51. The van der Waals surface area contributed by atoms with E-state index in [1.54, 1.807) is 23.9 Å². The molecule has 3 nitrogen and oxygen atoms in total. The Morgan fingerprint density at radius 3 is 2.63 bits per heavy atom. The number of hydrogen-bond acceptors (Lipinski definition) is 2. The molecule has 1 atom stereocenters. The van der Waals surface area contributed by atoms with Crippen molar-refractivity contribution in [3.8, 4) is 0 Å². The van der Waals surface area contributed by atoms with Gasteiger partial charge in [-0.05, 0) is 31.4 Å². The van der Waals surface area contributed by atoms with Crippen LogP contribution < -0.4 is 5.73 Å². The van der Waals surface area contributed by atoms with Crippen molar-refractivity contribution in [1.82, 2.24) is 9.78 Å². The summed E-state index contributed by atoms with van der Waals surface area (Å²) in [7, 11) is 1.79. The Hall–Kier alpha value is -1.39. The fraction of sp³-hybridized carbons (Fsp3) is 0.357. The second-order valence-corrected chi connectivity index (χ2v) is 5.10. The maximum atomic E-state index is 13.6. The zero-order chi connectivity index (χ0) is 14.0. The molecular weight excluding hydrogens is 265 g/mol. The van der Waals surface area contributed by atoms with Gasteiger partial charge in [0.15, 0.2) is 0 Å². The number of halogens is 2. The fourth-order valence-electron chi connectivity index (χ4n) is 2.19. The molecule has 0 saturated carbocycles. The Bertz CT molecular complexity index is 580. The molecule has 1 aromatic carbocycles. The number of aryl methyl sites for hydroxylation is 2. The molecule has 2 N–H and O–H groups in total. The lowest BCUT2D eigenvalue weighted by atomic mass is 10.00. The summed E-state index contributed by atoms with van der Waals surface area (Å²) in [5.74, 6) is -0.216. The summed E-state index contributed by atoms with van der Waals surface area (Å²) in [4.78, 5) is 0. The van der Waals surface area contributed by atoms with Gasteiger partial charge in [0.05, 0.1) is 5.69 Å². The van der Waals surface area contributed by atoms with Crippen molar-refractivity contribution in [2.24, 2.45) is 12.8 Å². The van der Waals surface area contributed by atoms with Crippen molar-refractivity contribution in [2.75, 3.05) is 0 Å². The molecule has 0 aliphatic carbocycles. The van der Waals surface area contributed by atoms with Crippen molar-refractivity contribution < 1.29 is 4.39 Å². The third-order valence-corrected chi connectivity index (χ3v) is 3.65. The Labute approximate surface area is 117 Å². The van der Waals surface area contributed by atoms with Gasteiger partial charge in [0.25, 0.3) is 0 Å².